The summed E-state index contributed by atoms with van der Waals surface area (Å²) in [5.41, 5.74) is 8.32. The van der Waals surface area contributed by atoms with E-state index in [-0.39, 0.29) is 12.1 Å². The minimum absolute atomic E-state index is 0.111. The van der Waals surface area contributed by atoms with Gasteiger partial charge in [-0.25, -0.2) is 14.8 Å². The van der Waals surface area contributed by atoms with Crippen LogP contribution in [0.25, 0.3) is 0 Å². The molecule has 1 aromatic heterocycles. The number of carbonyl (C=O) groups is 2. The highest BCUT2D eigenvalue weighted by molar-refractivity contribution is 5.93. The number of amides is 2. The summed E-state index contributed by atoms with van der Waals surface area (Å²) < 4.78 is 5.47. The highest BCUT2D eigenvalue weighted by Crippen LogP contribution is 2.34. The SMILES string of the molecule is CC(C)(C)OC(=O)N1CC=C(C2Cc3c(Nc4ccc(C(N)=O)cc4)ncnc3N2)CC1. The standard InChI is InChI=1S/C23H28N6O3/c1-23(2,3)32-22(31)29-10-8-14(9-11-29)18-12-17-20(25-13-26-21(17)28-18)27-16-6-4-15(5-7-16)19(24)30/h4-8,13,18H,9-12H2,1-3H3,(H2,24,30)(H2,25,26,27,28). The van der Waals surface area contributed by atoms with Crippen molar-refractivity contribution in [2.24, 2.45) is 5.73 Å². The van der Waals surface area contributed by atoms with Crippen LogP contribution in [0.5, 0.6) is 0 Å². The van der Waals surface area contributed by atoms with Gasteiger partial charge in [-0.3, -0.25) is 4.79 Å². The van der Waals surface area contributed by atoms with Gasteiger partial charge in [0.05, 0.1) is 6.04 Å². The van der Waals surface area contributed by atoms with E-state index in [1.807, 2.05) is 20.8 Å². The lowest BCUT2D eigenvalue weighted by molar-refractivity contribution is 0.0265. The number of hydrogen-bond donors (Lipinski definition) is 3. The summed E-state index contributed by atoms with van der Waals surface area (Å²) in [6.45, 7) is 6.76. The Balaban J connectivity index is 1.42. The molecular weight excluding hydrogens is 408 g/mol. The van der Waals surface area contributed by atoms with Crippen molar-refractivity contribution in [2.75, 3.05) is 23.7 Å². The Hall–Kier alpha value is -3.62. The molecule has 0 saturated carbocycles. The van der Waals surface area contributed by atoms with Gasteiger partial charge in [-0.1, -0.05) is 6.08 Å². The van der Waals surface area contributed by atoms with E-state index in [0.29, 0.717) is 18.7 Å². The molecule has 2 aliphatic heterocycles. The third-order valence-corrected chi connectivity index (χ3v) is 5.44. The van der Waals surface area contributed by atoms with E-state index >= 15 is 0 Å². The molecule has 9 heteroatoms. The summed E-state index contributed by atoms with van der Waals surface area (Å²) in [4.78, 5) is 34.1. The van der Waals surface area contributed by atoms with E-state index < -0.39 is 11.5 Å². The number of nitrogens with one attached hydrogen (secondary N) is 2. The highest BCUT2D eigenvalue weighted by Gasteiger charge is 2.31. The molecule has 0 bridgehead atoms. The van der Waals surface area contributed by atoms with Gasteiger partial charge < -0.3 is 26.0 Å². The second-order valence-electron chi connectivity index (χ2n) is 8.97. The van der Waals surface area contributed by atoms with Crippen molar-refractivity contribution in [3.8, 4) is 0 Å². The summed E-state index contributed by atoms with van der Waals surface area (Å²) in [6.07, 6.45) is 4.86. The predicted octanol–water partition coefficient (Wildman–Crippen LogP) is 3.22. The van der Waals surface area contributed by atoms with Crippen LogP contribution in [0, 0.1) is 0 Å². The summed E-state index contributed by atoms with van der Waals surface area (Å²) >= 11 is 0. The van der Waals surface area contributed by atoms with E-state index in [2.05, 4.69) is 26.7 Å². The number of ether oxygens (including phenoxy) is 1. The summed E-state index contributed by atoms with van der Waals surface area (Å²) in [5.74, 6) is 1.07. The lowest BCUT2D eigenvalue weighted by atomic mass is 9.97. The molecule has 1 atom stereocenters. The van der Waals surface area contributed by atoms with Gasteiger partial charge >= 0.3 is 6.09 Å². The van der Waals surface area contributed by atoms with Crippen LogP contribution in [0.2, 0.25) is 0 Å². The van der Waals surface area contributed by atoms with Crippen molar-refractivity contribution >= 4 is 29.3 Å². The van der Waals surface area contributed by atoms with Crippen LogP contribution < -0.4 is 16.4 Å². The molecule has 1 aromatic carbocycles. The number of anilines is 3. The lowest BCUT2D eigenvalue weighted by Gasteiger charge is -2.31. The van der Waals surface area contributed by atoms with E-state index in [1.165, 1.54) is 11.9 Å². The summed E-state index contributed by atoms with van der Waals surface area (Å²) in [6, 6.07) is 7.06. The van der Waals surface area contributed by atoms with Gasteiger partial charge in [0.1, 0.15) is 23.6 Å². The van der Waals surface area contributed by atoms with Crippen molar-refractivity contribution in [2.45, 2.75) is 45.3 Å². The molecule has 2 aromatic rings. The number of hydrogen-bond acceptors (Lipinski definition) is 7. The Bertz CT molecular complexity index is 1060. The van der Waals surface area contributed by atoms with Crippen molar-refractivity contribution in [3.05, 3.63) is 53.4 Å². The molecule has 4 N–H and O–H groups in total. The normalized spacial score (nSPS) is 17.8. The smallest absolute Gasteiger partial charge is 0.410 e. The molecule has 2 aliphatic rings. The fraction of sp³-hybridized carbons (Fsp3) is 0.391. The number of benzene rings is 1. The number of primary amides is 1. The Morgan fingerprint density at radius 2 is 1.97 bits per heavy atom. The number of aromatic nitrogens is 2. The highest BCUT2D eigenvalue weighted by atomic mass is 16.6. The van der Waals surface area contributed by atoms with Gasteiger partial charge in [0.25, 0.3) is 0 Å². The van der Waals surface area contributed by atoms with Gasteiger partial charge in [0.15, 0.2) is 0 Å². The molecule has 4 rings (SSSR count). The molecule has 168 valence electrons. The van der Waals surface area contributed by atoms with Crippen LogP contribution in [-0.4, -0.2) is 51.6 Å². The lowest BCUT2D eigenvalue weighted by Crippen LogP contribution is -2.40. The topological polar surface area (TPSA) is 122 Å². The Labute approximate surface area is 187 Å². The average molecular weight is 437 g/mol. The predicted molar refractivity (Wildman–Crippen MR) is 122 cm³/mol. The molecule has 0 saturated heterocycles. The second kappa shape index (κ2) is 8.49. The summed E-state index contributed by atoms with van der Waals surface area (Å²) in [5, 5.41) is 6.79. The van der Waals surface area contributed by atoms with E-state index in [0.717, 1.165) is 35.7 Å². The largest absolute Gasteiger partial charge is 0.444 e. The Morgan fingerprint density at radius 1 is 1.22 bits per heavy atom. The quantitative estimate of drug-likeness (QED) is 0.629. The number of fused-ring (bicyclic) bond motifs is 1. The molecule has 0 fully saturated rings. The molecule has 0 radical (unpaired) electrons. The van der Waals surface area contributed by atoms with E-state index in [9.17, 15) is 9.59 Å². The van der Waals surface area contributed by atoms with Gasteiger partial charge in [0.2, 0.25) is 5.91 Å². The van der Waals surface area contributed by atoms with Crippen LogP contribution in [0.4, 0.5) is 22.1 Å². The van der Waals surface area contributed by atoms with Crippen LogP contribution >= 0.6 is 0 Å². The molecule has 9 nitrogen and oxygen atoms in total. The van der Waals surface area contributed by atoms with E-state index in [4.69, 9.17) is 10.5 Å². The number of carbonyl (C=O) groups excluding carboxylic acids is 2. The fourth-order valence-electron chi connectivity index (χ4n) is 3.83. The zero-order valence-corrected chi connectivity index (χ0v) is 18.5. The summed E-state index contributed by atoms with van der Waals surface area (Å²) in [7, 11) is 0. The minimum atomic E-state index is -0.502. The first-order valence-electron chi connectivity index (χ1n) is 10.6. The van der Waals surface area contributed by atoms with Crippen LogP contribution in [-0.2, 0) is 11.2 Å². The van der Waals surface area contributed by atoms with Crippen LogP contribution in [0.3, 0.4) is 0 Å². The van der Waals surface area contributed by atoms with Gasteiger partial charge in [-0.15, -0.1) is 0 Å². The monoisotopic (exact) mass is 436 g/mol. The Morgan fingerprint density at radius 3 is 2.59 bits per heavy atom. The maximum Gasteiger partial charge on any atom is 0.410 e. The molecule has 2 amide bonds. The molecule has 0 aliphatic carbocycles. The number of nitrogens with two attached hydrogens (primary N) is 1. The van der Waals surface area contributed by atoms with Gasteiger partial charge in [-0.2, -0.15) is 0 Å². The third kappa shape index (κ3) is 4.82. The zero-order valence-electron chi connectivity index (χ0n) is 18.5. The van der Waals surface area contributed by atoms with Crippen molar-refractivity contribution < 1.29 is 14.3 Å². The van der Waals surface area contributed by atoms with Gasteiger partial charge in [0, 0.05) is 36.3 Å². The molecule has 0 spiro atoms. The zero-order chi connectivity index (χ0) is 22.9. The Kier molecular flexibility index (Phi) is 5.73. The third-order valence-electron chi connectivity index (χ3n) is 5.44. The molecule has 3 heterocycles. The number of rotatable bonds is 4. The first-order valence-corrected chi connectivity index (χ1v) is 10.6. The second-order valence-corrected chi connectivity index (χ2v) is 8.97. The maximum absolute atomic E-state index is 12.3. The van der Waals surface area contributed by atoms with Crippen LogP contribution in [0.1, 0.15) is 43.1 Å². The minimum Gasteiger partial charge on any atom is -0.444 e. The average Bonchev–Trinajstić information content (AvgIpc) is 3.18. The van der Waals surface area contributed by atoms with Crippen LogP contribution in [0.15, 0.2) is 42.2 Å². The van der Waals surface area contributed by atoms with Crippen molar-refractivity contribution in [1.82, 2.24) is 14.9 Å². The number of nitrogens with zero attached hydrogens (tertiary/aromatic N) is 3. The molecule has 1 unspecified atom stereocenters. The first kappa shape index (κ1) is 21.6. The first-order chi connectivity index (χ1) is 15.2. The fourth-order valence-corrected chi connectivity index (χ4v) is 3.83. The van der Waals surface area contributed by atoms with E-state index in [1.54, 1.807) is 29.2 Å². The maximum atomic E-state index is 12.3. The van der Waals surface area contributed by atoms with Crippen molar-refractivity contribution in [3.63, 3.8) is 0 Å². The van der Waals surface area contributed by atoms with Crippen molar-refractivity contribution in [1.29, 1.82) is 0 Å². The van der Waals surface area contributed by atoms with Gasteiger partial charge in [-0.05, 0) is 57.0 Å². The molecule has 32 heavy (non-hydrogen) atoms. The molecular formula is C23H28N6O3.